The molecule has 2 aromatic heterocycles. The van der Waals surface area contributed by atoms with E-state index < -0.39 is 23.9 Å². The largest absolute Gasteiger partial charge is 0.394 e. The number of amidine groups is 1. The van der Waals surface area contributed by atoms with E-state index in [1.54, 1.807) is 4.52 Å². The van der Waals surface area contributed by atoms with Gasteiger partial charge in [-0.1, -0.05) is 0 Å². The van der Waals surface area contributed by atoms with Crippen LogP contribution in [0.5, 0.6) is 0 Å². The number of nitrogens with zero attached hydrogens (tertiary/aromatic N) is 4. The van der Waals surface area contributed by atoms with E-state index in [4.69, 9.17) is 10.5 Å². The van der Waals surface area contributed by atoms with Gasteiger partial charge in [0.2, 0.25) is 0 Å². The molecule has 2 aromatic rings. The highest BCUT2D eigenvalue weighted by atomic mass is 16.6. The van der Waals surface area contributed by atoms with Crippen LogP contribution in [0.15, 0.2) is 17.4 Å². The number of nitrogens with two attached hydrogens (primary N) is 1. The SMILES string of the molecule is C[C@@]1(O)[C@H](O)[C@@H](CO)O[C@H]1c1cc2c3c(ncnn13)N=C(N)CC2. The highest BCUT2D eigenvalue weighted by molar-refractivity contribution is 5.88. The minimum atomic E-state index is -1.56. The van der Waals surface area contributed by atoms with Crippen molar-refractivity contribution in [1.29, 1.82) is 0 Å². The number of hydrogen-bond acceptors (Lipinski definition) is 8. The third-order valence-corrected chi connectivity index (χ3v) is 4.78. The molecule has 0 radical (unpaired) electrons. The van der Waals surface area contributed by atoms with Gasteiger partial charge in [-0.05, 0) is 25.0 Å². The second kappa shape index (κ2) is 5.21. The molecule has 0 aliphatic carbocycles. The molecule has 2 aliphatic rings. The fourth-order valence-corrected chi connectivity index (χ4v) is 3.47. The van der Waals surface area contributed by atoms with Crippen LogP contribution in [0.1, 0.15) is 30.7 Å². The van der Waals surface area contributed by atoms with E-state index in [1.165, 1.54) is 13.3 Å². The molecule has 0 bridgehead atoms. The van der Waals surface area contributed by atoms with Crippen LogP contribution in [0.25, 0.3) is 5.52 Å². The van der Waals surface area contributed by atoms with E-state index in [0.29, 0.717) is 35.7 Å². The highest BCUT2D eigenvalue weighted by Gasteiger charge is 2.53. The minimum absolute atomic E-state index is 0.384. The number of ether oxygens (including phenoxy) is 1. The Morgan fingerprint density at radius 2 is 2.25 bits per heavy atom. The second-order valence-electron chi connectivity index (χ2n) is 6.45. The monoisotopic (exact) mass is 333 g/mol. The van der Waals surface area contributed by atoms with Gasteiger partial charge in [0.05, 0.1) is 12.3 Å². The standard InChI is InChI=1S/C15H19N5O4/c1-15(23)12(22)9(5-21)24-13(15)8-4-7-2-3-10(16)19-14-11(7)20(8)18-6-17-14/h4,6,9,12-13,21-23H,2-3,5H2,1H3,(H2,16,17,18,19)/t9-,12-,13+,15-/m1/s1. The Kier molecular flexibility index (Phi) is 3.36. The van der Waals surface area contributed by atoms with Gasteiger partial charge in [0.15, 0.2) is 5.82 Å². The Morgan fingerprint density at radius 3 is 2.96 bits per heavy atom. The van der Waals surface area contributed by atoms with Gasteiger partial charge in [-0.15, -0.1) is 0 Å². The summed E-state index contributed by atoms with van der Waals surface area (Å²) in [7, 11) is 0. The number of aliphatic imine (C=N–C) groups is 1. The van der Waals surface area contributed by atoms with Crippen molar-refractivity contribution in [3.05, 3.63) is 23.7 Å². The molecule has 9 heteroatoms. The molecule has 0 aromatic carbocycles. The van der Waals surface area contributed by atoms with Crippen molar-refractivity contribution >= 4 is 17.2 Å². The zero-order valence-electron chi connectivity index (χ0n) is 13.1. The first-order valence-electron chi connectivity index (χ1n) is 7.78. The third kappa shape index (κ3) is 2.06. The average Bonchev–Trinajstić information content (AvgIpc) is 2.95. The first-order valence-corrected chi connectivity index (χ1v) is 7.78. The second-order valence-corrected chi connectivity index (χ2v) is 6.45. The predicted octanol–water partition coefficient (Wildman–Crippen LogP) is -0.792. The topological polar surface area (TPSA) is 138 Å². The normalized spacial score (nSPS) is 32.8. The first-order chi connectivity index (χ1) is 11.4. The highest BCUT2D eigenvalue weighted by Crippen LogP contribution is 2.43. The van der Waals surface area contributed by atoms with Gasteiger partial charge < -0.3 is 25.8 Å². The minimum Gasteiger partial charge on any atom is -0.394 e. The van der Waals surface area contributed by atoms with Crippen LogP contribution in [-0.4, -0.2) is 60.2 Å². The first kappa shape index (κ1) is 15.5. The van der Waals surface area contributed by atoms with Crippen molar-refractivity contribution in [2.45, 2.75) is 43.7 Å². The van der Waals surface area contributed by atoms with E-state index in [0.717, 1.165) is 5.56 Å². The summed E-state index contributed by atoms with van der Waals surface area (Å²) in [5.74, 6) is 0.978. The molecule has 1 saturated heterocycles. The maximum atomic E-state index is 10.7. The van der Waals surface area contributed by atoms with Gasteiger partial charge in [0.1, 0.15) is 41.6 Å². The summed E-state index contributed by atoms with van der Waals surface area (Å²) in [4.78, 5) is 8.49. The molecular weight excluding hydrogens is 314 g/mol. The van der Waals surface area contributed by atoms with Crippen LogP contribution in [0, 0.1) is 0 Å². The lowest BCUT2D eigenvalue weighted by Gasteiger charge is -2.26. The number of hydrogen-bond donors (Lipinski definition) is 4. The number of aryl methyl sites for hydroxylation is 1. The van der Waals surface area contributed by atoms with E-state index in [2.05, 4.69) is 15.1 Å². The fraction of sp³-hybridized carbons (Fsp3) is 0.533. The zero-order chi connectivity index (χ0) is 17.1. The van der Waals surface area contributed by atoms with Crippen LogP contribution in [-0.2, 0) is 11.2 Å². The van der Waals surface area contributed by atoms with Crippen molar-refractivity contribution in [2.24, 2.45) is 10.7 Å². The van der Waals surface area contributed by atoms with Crippen LogP contribution in [0.2, 0.25) is 0 Å². The van der Waals surface area contributed by atoms with Crippen molar-refractivity contribution in [2.75, 3.05) is 6.61 Å². The fourth-order valence-electron chi connectivity index (χ4n) is 3.47. The van der Waals surface area contributed by atoms with Crippen LogP contribution in [0.3, 0.4) is 0 Å². The van der Waals surface area contributed by atoms with Gasteiger partial charge in [0, 0.05) is 6.42 Å². The Balaban J connectivity index is 1.89. The summed E-state index contributed by atoms with van der Waals surface area (Å²) in [6.07, 6.45) is -0.277. The third-order valence-electron chi connectivity index (χ3n) is 4.78. The number of aromatic nitrogens is 3. The van der Waals surface area contributed by atoms with Gasteiger partial charge >= 0.3 is 0 Å². The van der Waals surface area contributed by atoms with Crippen molar-refractivity contribution in [3.8, 4) is 0 Å². The van der Waals surface area contributed by atoms with E-state index in [1.807, 2.05) is 6.07 Å². The Morgan fingerprint density at radius 1 is 1.46 bits per heavy atom. The van der Waals surface area contributed by atoms with Crippen LogP contribution in [0.4, 0.5) is 5.82 Å². The van der Waals surface area contributed by atoms with Gasteiger partial charge in [-0.3, -0.25) is 0 Å². The summed E-state index contributed by atoms with van der Waals surface area (Å²) in [5.41, 5.74) is 6.55. The quantitative estimate of drug-likeness (QED) is 0.565. The Hall–Kier alpha value is -2.07. The lowest BCUT2D eigenvalue weighted by molar-refractivity contribution is -0.0664. The van der Waals surface area contributed by atoms with Crippen molar-refractivity contribution in [3.63, 3.8) is 0 Å². The molecule has 1 fully saturated rings. The van der Waals surface area contributed by atoms with Gasteiger partial charge in [0.25, 0.3) is 0 Å². The van der Waals surface area contributed by atoms with Crippen molar-refractivity contribution in [1.82, 2.24) is 14.6 Å². The molecule has 2 aliphatic heterocycles. The molecule has 0 spiro atoms. The van der Waals surface area contributed by atoms with Crippen molar-refractivity contribution < 1.29 is 20.1 Å². The summed E-state index contributed by atoms with van der Waals surface area (Å²) in [6, 6.07) is 1.87. The molecule has 4 heterocycles. The lowest BCUT2D eigenvalue weighted by atomic mass is 9.91. The molecule has 0 amide bonds. The molecule has 4 rings (SSSR count). The molecular formula is C15H19N5O4. The molecule has 0 unspecified atom stereocenters. The Bertz CT molecular complexity index is 831. The van der Waals surface area contributed by atoms with Crippen LogP contribution < -0.4 is 5.73 Å². The summed E-state index contributed by atoms with van der Waals surface area (Å²) < 4.78 is 7.33. The lowest BCUT2D eigenvalue weighted by Crippen LogP contribution is -2.43. The van der Waals surface area contributed by atoms with Gasteiger partial charge in [-0.25, -0.2) is 14.5 Å². The van der Waals surface area contributed by atoms with E-state index >= 15 is 0 Å². The van der Waals surface area contributed by atoms with E-state index in [9.17, 15) is 15.3 Å². The van der Waals surface area contributed by atoms with Gasteiger partial charge in [-0.2, -0.15) is 5.10 Å². The maximum absolute atomic E-state index is 10.7. The maximum Gasteiger partial charge on any atom is 0.181 e. The van der Waals surface area contributed by atoms with Crippen LogP contribution >= 0.6 is 0 Å². The molecule has 5 N–H and O–H groups in total. The summed E-state index contributed by atoms with van der Waals surface area (Å²) in [6.45, 7) is 1.10. The zero-order valence-corrected chi connectivity index (χ0v) is 13.1. The average molecular weight is 333 g/mol. The number of rotatable bonds is 2. The summed E-state index contributed by atoms with van der Waals surface area (Å²) in [5, 5.41) is 34.5. The molecule has 24 heavy (non-hydrogen) atoms. The van der Waals surface area contributed by atoms with E-state index in [-0.39, 0.29) is 6.61 Å². The molecule has 128 valence electrons. The Labute approximate surface area is 137 Å². The number of aliphatic hydroxyl groups excluding tert-OH is 2. The molecule has 4 atom stereocenters. The smallest absolute Gasteiger partial charge is 0.181 e. The molecule has 0 saturated carbocycles. The predicted molar refractivity (Wildman–Crippen MR) is 83.9 cm³/mol. The number of aliphatic hydroxyl groups is 3. The molecule has 9 nitrogen and oxygen atoms in total. The summed E-state index contributed by atoms with van der Waals surface area (Å²) >= 11 is 0.